The predicted molar refractivity (Wildman–Crippen MR) is 79.6 cm³/mol. The molecule has 0 aliphatic heterocycles. The number of amides is 2. The lowest BCUT2D eigenvalue weighted by atomic mass is 10.2. The first-order valence-corrected chi connectivity index (χ1v) is 6.15. The molecule has 0 saturated carbocycles. The Morgan fingerprint density at radius 3 is 2.86 bits per heavy atom. The lowest BCUT2D eigenvalue weighted by Gasteiger charge is -2.04. The Hall–Kier alpha value is -3.19. The van der Waals surface area contributed by atoms with Crippen LogP contribution in [0.3, 0.4) is 0 Å². The zero-order chi connectivity index (χ0) is 16.5. The predicted octanol–water partition coefficient (Wildman–Crippen LogP) is 1.88. The highest BCUT2D eigenvalue weighted by atomic mass is 16.3. The van der Waals surface area contributed by atoms with Crippen LogP contribution >= 0.6 is 0 Å². The molecule has 1 heterocycles. The number of hydrogen-bond donors (Lipinski definition) is 2. The fourth-order valence-electron chi connectivity index (χ4n) is 1.37. The fourth-order valence-corrected chi connectivity index (χ4v) is 1.37. The number of rotatable bonds is 5. The number of aliphatic imine (C=N–C) groups is 1. The monoisotopic (exact) mass is 302 g/mol. The van der Waals surface area contributed by atoms with E-state index in [1.807, 2.05) is 12.2 Å². The number of aryl methyl sites for hydroxylation is 1. The molecule has 0 spiro atoms. The number of hydrogen-bond acceptors (Lipinski definition) is 6. The van der Waals surface area contributed by atoms with Gasteiger partial charge in [0.25, 0.3) is 5.91 Å². The van der Waals surface area contributed by atoms with Crippen molar-refractivity contribution in [2.45, 2.75) is 13.8 Å². The topological polar surface area (TPSA) is 140 Å². The van der Waals surface area contributed by atoms with Crippen LogP contribution < -0.4 is 5.32 Å². The molecule has 0 aromatic carbocycles. The molecule has 1 rings (SSSR count). The van der Waals surface area contributed by atoms with Gasteiger partial charge in [-0.25, -0.2) is 9.98 Å². The number of allylic oxidation sites excluding steroid dienone is 1. The van der Waals surface area contributed by atoms with Crippen LogP contribution in [0.2, 0.25) is 0 Å². The summed E-state index contributed by atoms with van der Waals surface area (Å²) < 4.78 is 0. The maximum absolute atomic E-state index is 11.9. The maximum atomic E-state index is 11.9. The van der Waals surface area contributed by atoms with E-state index in [4.69, 9.17) is 5.53 Å². The standard InChI is InChI=1S/C13H14N6O3/c1-8-3-4-15-11(5-8)16-6-10(9(2)20)13(22)18-12(21)7-17-19-14/h3-6,20H,7H2,1-2H3,(H,18,21,22)/b10-9-,16-6?. The molecule has 0 saturated heterocycles. The second-order valence-electron chi connectivity index (χ2n) is 4.21. The van der Waals surface area contributed by atoms with Crippen molar-refractivity contribution in [2.75, 3.05) is 6.54 Å². The van der Waals surface area contributed by atoms with Crippen molar-refractivity contribution in [2.24, 2.45) is 10.1 Å². The van der Waals surface area contributed by atoms with Crippen LogP contribution in [0, 0.1) is 6.92 Å². The smallest absolute Gasteiger partial charge is 0.262 e. The van der Waals surface area contributed by atoms with Crippen LogP contribution in [-0.4, -0.2) is 34.7 Å². The lowest BCUT2D eigenvalue weighted by Crippen LogP contribution is -2.34. The van der Waals surface area contributed by atoms with Gasteiger partial charge in [0.2, 0.25) is 5.91 Å². The summed E-state index contributed by atoms with van der Waals surface area (Å²) in [5, 5.41) is 14.5. The third-order valence-corrected chi connectivity index (χ3v) is 2.39. The van der Waals surface area contributed by atoms with Gasteiger partial charge < -0.3 is 5.11 Å². The van der Waals surface area contributed by atoms with Gasteiger partial charge in [0.1, 0.15) is 12.3 Å². The van der Waals surface area contributed by atoms with Gasteiger partial charge in [-0.15, -0.1) is 0 Å². The van der Waals surface area contributed by atoms with Gasteiger partial charge in [-0.1, -0.05) is 5.11 Å². The molecule has 22 heavy (non-hydrogen) atoms. The van der Waals surface area contributed by atoms with Gasteiger partial charge in [0.15, 0.2) is 5.82 Å². The number of aliphatic hydroxyl groups is 1. The minimum absolute atomic E-state index is 0.197. The Kier molecular flexibility index (Phi) is 6.27. The van der Waals surface area contributed by atoms with Crippen molar-refractivity contribution in [1.82, 2.24) is 10.3 Å². The van der Waals surface area contributed by atoms with Gasteiger partial charge in [0, 0.05) is 17.3 Å². The summed E-state index contributed by atoms with van der Waals surface area (Å²) in [5.74, 6) is -1.60. The number of nitrogens with one attached hydrogen (secondary N) is 1. The van der Waals surface area contributed by atoms with Crippen molar-refractivity contribution in [1.29, 1.82) is 0 Å². The second-order valence-corrected chi connectivity index (χ2v) is 4.21. The molecule has 1 aromatic heterocycles. The van der Waals surface area contributed by atoms with E-state index in [2.05, 4.69) is 20.0 Å². The molecule has 9 nitrogen and oxygen atoms in total. The number of aromatic nitrogens is 1. The number of carbonyl (C=O) groups excluding carboxylic acids is 2. The van der Waals surface area contributed by atoms with Crippen LogP contribution in [-0.2, 0) is 9.59 Å². The molecule has 9 heteroatoms. The first kappa shape index (κ1) is 16.9. The van der Waals surface area contributed by atoms with Crippen LogP contribution in [0.25, 0.3) is 10.4 Å². The normalized spacial score (nSPS) is 11.5. The molecule has 114 valence electrons. The number of pyridine rings is 1. The Bertz CT molecular complexity index is 685. The van der Waals surface area contributed by atoms with Gasteiger partial charge >= 0.3 is 0 Å². The molecule has 0 radical (unpaired) electrons. The van der Waals surface area contributed by atoms with Crippen molar-refractivity contribution < 1.29 is 14.7 Å². The van der Waals surface area contributed by atoms with Crippen LogP contribution in [0.15, 0.2) is 39.8 Å². The number of azide groups is 1. The third-order valence-electron chi connectivity index (χ3n) is 2.39. The summed E-state index contributed by atoms with van der Waals surface area (Å²) in [6, 6.07) is 3.47. The van der Waals surface area contributed by atoms with E-state index in [0.717, 1.165) is 11.8 Å². The van der Waals surface area contributed by atoms with E-state index in [1.54, 1.807) is 18.3 Å². The van der Waals surface area contributed by atoms with Crippen LogP contribution in [0.5, 0.6) is 0 Å². The van der Waals surface area contributed by atoms with E-state index in [-0.39, 0.29) is 11.3 Å². The number of nitrogens with zero attached hydrogens (tertiary/aromatic N) is 5. The SMILES string of the molecule is C/C(O)=C(\C=Nc1cc(C)ccn1)C(=O)NC(=O)CN=[N+]=[N-]. The number of carbonyl (C=O) groups is 2. The van der Waals surface area contributed by atoms with E-state index in [9.17, 15) is 14.7 Å². The van der Waals surface area contributed by atoms with Crippen molar-refractivity contribution >= 4 is 23.8 Å². The van der Waals surface area contributed by atoms with E-state index >= 15 is 0 Å². The molecule has 2 N–H and O–H groups in total. The first-order valence-electron chi connectivity index (χ1n) is 6.15. The largest absolute Gasteiger partial charge is 0.512 e. The Morgan fingerprint density at radius 1 is 1.55 bits per heavy atom. The summed E-state index contributed by atoms with van der Waals surface area (Å²) in [7, 11) is 0. The summed E-state index contributed by atoms with van der Waals surface area (Å²) in [6.45, 7) is 2.62. The van der Waals surface area contributed by atoms with Crippen molar-refractivity contribution in [3.63, 3.8) is 0 Å². The minimum atomic E-state index is -0.852. The zero-order valence-electron chi connectivity index (χ0n) is 12.0. The summed E-state index contributed by atoms with van der Waals surface area (Å²) >= 11 is 0. The van der Waals surface area contributed by atoms with Gasteiger partial charge in [-0.3, -0.25) is 14.9 Å². The summed E-state index contributed by atoms with van der Waals surface area (Å²) in [4.78, 5) is 33.5. The molecule has 0 aliphatic carbocycles. The van der Waals surface area contributed by atoms with Gasteiger partial charge in [0.05, 0.1) is 5.57 Å². The molecule has 2 amide bonds. The zero-order valence-corrected chi connectivity index (χ0v) is 12.0. The summed E-state index contributed by atoms with van der Waals surface area (Å²) in [5.41, 5.74) is 8.83. The molecular weight excluding hydrogens is 288 g/mol. The lowest BCUT2D eigenvalue weighted by molar-refractivity contribution is -0.127. The fraction of sp³-hybridized carbons (Fsp3) is 0.231. The molecule has 0 fully saturated rings. The average molecular weight is 302 g/mol. The van der Waals surface area contributed by atoms with Crippen molar-refractivity contribution in [3.8, 4) is 0 Å². The number of aliphatic hydroxyl groups excluding tert-OH is 1. The molecule has 0 unspecified atom stereocenters. The van der Waals surface area contributed by atoms with E-state index in [1.165, 1.54) is 6.92 Å². The highest BCUT2D eigenvalue weighted by molar-refractivity contribution is 6.17. The molecular formula is C13H14N6O3. The van der Waals surface area contributed by atoms with E-state index < -0.39 is 18.4 Å². The Morgan fingerprint density at radius 2 is 2.27 bits per heavy atom. The maximum Gasteiger partial charge on any atom is 0.262 e. The molecule has 0 bridgehead atoms. The summed E-state index contributed by atoms with van der Waals surface area (Å²) in [6.07, 6.45) is 2.66. The highest BCUT2D eigenvalue weighted by Crippen LogP contribution is 2.10. The minimum Gasteiger partial charge on any atom is -0.512 e. The third kappa shape index (κ3) is 5.43. The van der Waals surface area contributed by atoms with Crippen LogP contribution in [0.4, 0.5) is 5.82 Å². The highest BCUT2D eigenvalue weighted by Gasteiger charge is 2.14. The first-order chi connectivity index (χ1) is 10.4. The molecule has 1 aromatic rings. The van der Waals surface area contributed by atoms with E-state index in [0.29, 0.717) is 5.82 Å². The molecule has 0 aliphatic rings. The Labute approximate surface area is 126 Å². The van der Waals surface area contributed by atoms with Gasteiger partial charge in [-0.2, -0.15) is 0 Å². The Balaban J connectivity index is 2.87. The number of imide groups is 1. The van der Waals surface area contributed by atoms with Crippen LogP contribution in [0.1, 0.15) is 12.5 Å². The van der Waals surface area contributed by atoms with Gasteiger partial charge in [-0.05, 0) is 37.1 Å². The quantitative estimate of drug-likeness (QED) is 0.214. The molecule has 0 atom stereocenters. The second kappa shape index (κ2) is 8.18. The average Bonchev–Trinajstić information content (AvgIpc) is 2.45. The van der Waals surface area contributed by atoms with Crippen molar-refractivity contribution in [3.05, 3.63) is 45.7 Å².